The van der Waals surface area contributed by atoms with Crippen molar-refractivity contribution in [3.05, 3.63) is 20.8 Å². The predicted octanol–water partition coefficient (Wildman–Crippen LogP) is 3.36. The van der Waals surface area contributed by atoms with Gasteiger partial charge in [-0.2, -0.15) is 11.3 Å². The molecule has 0 spiro atoms. The molecule has 0 amide bonds. The molecule has 1 atom stereocenters. The largest absolute Gasteiger partial charge is 0.385 e. The van der Waals surface area contributed by atoms with E-state index in [1.54, 1.807) is 11.3 Å². The minimum Gasteiger partial charge on any atom is -0.385 e. The SMILES string of the molecule is CCOC(C)(C)C(O)c1cscc1Br. The molecule has 14 heavy (non-hydrogen) atoms. The summed E-state index contributed by atoms with van der Waals surface area (Å²) >= 11 is 4.97. The molecular weight excluding hydrogens is 264 g/mol. The van der Waals surface area contributed by atoms with Gasteiger partial charge in [0.15, 0.2) is 0 Å². The van der Waals surface area contributed by atoms with Crippen molar-refractivity contribution in [3.8, 4) is 0 Å². The zero-order valence-electron chi connectivity index (χ0n) is 8.58. The zero-order chi connectivity index (χ0) is 10.8. The fourth-order valence-electron chi connectivity index (χ4n) is 1.31. The minimum absolute atomic E-state index is 0.543. The number of rotatable bonds is 4. The summed E-state index contributed by atoms with van der Waals surface area (Å²) in [6, 6.07) is 0. The smallest absolute Gasteiger partial charge is 0.109 e. The van der Waals surface area contributed by atoms with Crippen molar-refractivity contribution in [1.82, 2.24) is 0 Å². The Kier molecular flexibility index (Phi) is 4.13. The summed E-state index contributed by atoms with van der Waals surface area (Å²) in [5, 5.41) is 14.0. The molecule has 1 N–H and O–H groups in total. The first kappa shape index (κ1) is 12.2. The lowest BCUT2D eigenvalue weighted by atomic mass is 9.96. The third-order valence-electron chi connectivity index (χ3n) is 2.11. The summed E-state index contributed by atoms with van der Waals surface area (Å²) in [7, 11) is 0. The van der Waals surface area contributed by atoms with Gasteiger partial charge in [-0.05, 0) is 42.1 Å². The third kappa shape index (κ3) is 2.57. The molecule has 0 saturated heterocycles. The fourth-order valence-corrected chi connectivity index (χ4v) is 2.84. The highest BCUT2D eigenvalue weighted by molar-refractivity contribution is 9.10. The van der Waals surface area contributed by atoms with Crippen molar-refractivity contribution in [3.63, 3.8) is 0 Å². The molecule has 0 bridgehead atoms. The average Bonchev–Trinajstić information content (AvgIpc) is 2.50. The summed E-state index contributed by atoms with van der Waals surface area (Å²) in [6.45, 7) is 6.32. The molecule has 0 aromatic carbocycles. The molecule has 0 aliphatic carbocycles. The quantitative estimate of drug-likeness (QED) is 0.915. The van der Waals surface area contributed by atoms with Gasteiger partial charge in [-0.3, -0.25) is 0 Å². The Morgan fingerprint density at radius 3 is 2.64 bits per heavy atom. The Morgan fingerprint density at radius 2 is 2.21 bits per heavy atom. The fraction of sp³-hybridized carbons (Fsp3) is 0.600. The van der Waals surface area contributed by atoms with E-state index in [2.05, 4.69) is 15.9 Å². The lowest BCUT2D eigenvalue weighted by Gasteiger charge is -2.30. The molecule has 1 aromatic heterocycles. The Bertz CT molecular complexity index is 296. The number of hydrogen-bond acceptors (Lipinski definition) is 3. The van der Waals surface area contributed by atoms with Crippen molar-refractivity contribution >= 4 is 27.3 Å². The van der Waals surface area contributed by atoms with Gasteiger partial charge in [0.25, 0.3) is 0 Å². The van der Waals surface area contributed by atoms with Gasteiger partial charge in [0, 0.05) is 22.0 Å². The summed E-state index contributed by atoms with van der Waals surface area (Å²) in [5.74, 6) is 0. The highest BCUT2D eigenvalue weighted by atomic mass is 79.9. The van der Waals surface area contributed by atoms with E-state index in [0.717, 1.165) is 10.0 Å². The topological polar surface area (TPSA) is 29.5 Å². The second-order valence-corrected chi connectivity index (χ2v) is 5.21. The normalized spacial score (nSPS) is 14.4. The van der Waals surface area contributed by atoms with Crippen molar-refractivity contribution in [2.45, 2.75) is 32.5 Å². The molecular formula is C10H15BrO2S. The van der Waals surface area contributed by atoms with Gasteiger partial charge in [0.2, 0.25) is 0 Å². The van der Waals surface area contributed by atoms with Crippen LogP contribution < -0.4 is 0 Å². The molecule has 0 saturated carbocycles. The van der Waals surface area contributed by atoms with Crippen LogP contribution in [0.25, 0.3) is 0 Å². The van der Waals surface area contributed by atoms with Crippen LogP contribution in [0.3, 0.4) is 0 Å². The molecule has 0 radical (unpaired) electrons. The van der Waals surface area contributed by atoms with Crippen molar-refractivity contribution < 1.29 is 9.84 Å². The molecule has 4 heteroatoms. The lowest BCUT2D eigenvalue weighted by molar-refractivity contribution is -0.0984. The second kappa shape index (κ2) is 4.75. The Hall–Kier alpha value is 0.100. The number of hydrogen-bond donors (Lipinski definition) is 1. The molecule has 0 aliphatic heterocycles. The summed E-state index contributed by atoms with van der Waals surface area (Å²) in [4.78, 5) is 0. The molecule has 0 aliphatic rings. The van der Waals surface area contributed by atoms with Crippen molar-refractivity contribution in [2.24, 2.45) is 0 Å². The van der Waals surface area contributed by atoms with Gasteiger partial charge in [-0.15, -0.1) is 0 Å². The first-order valence-corrected chi connectivity index (χ1v) is 6.26. The van der Waals surface area contributed by atoms with Crippen LogP contribution in [0.2, 0.25) is 0 Å². The minimum atomic E-state index is -0.594. The van der Waals surface area contributed by atoms with Crippen molar-refractivity contribution in [1.29, 1.82) is 0 Å². The van der Waals surface area contributed by atoms with Crippen LogP contribution >= 0.6 is 27.3 Å². The van der Waals surface area contributed by atoms with E-state index in [-0.39, 0.29) is 0 Å². The maximum atomic E-state index is 10.1. The maximum Gasteiger partial charge on any atom is 0.109 e. The maximum absolute atomic E-state index is 10.1. The van der Waals surface area contributed by atoms with Gasteiger partial charge < -0.3 is 9.84 Å². The third-order valence-corrected chi connectivity index (χ3v) is 3.86. The predicted molar refractivity (Wildman–Crippen MR) is 62.7 cm³/mol. The Balaban J connectivity index is 2.84. The first-order chi connectivity index (χ1) is 6.49. The Labute approximate surface area is 97.0 Å². The molecule has 1 rings (SSSR count). The number of aliphatic hydroxyl groups is 1. The van der Waals surface area contributed by atoms with Gasteiger partial charge in [0.05, 0.1) is 5.60 Å². The van der Waals surface area contributed by atoms with E-state index in [1.807, 2.05) is 31.5 Å². The van der Waals surface area contributed by atoms with Crippen LogP contribution in [0, 0.1) is 0 Å². The molecule has 0 fully saturated rings. The van der Waals surface area contributed by atoms with E-state index in [4.69, 9.17) is 4.74 Å². The highest BCUT2D eigenvalue weighted by Gasteiger charge is 2.31. The lowest BCUT2D eigenvalue weighted by Crippen LogP contribution is -2.32. The van der Waals surface area contributed by atoms with Crippen molar-refractivity contribution in [2.75, 3.05) is 6.61 Å². The van der Waals surface area contributed by atoms with Crippen LogP contribution in [0.5, 0.6) is 0 Å². The number of thiophene rings is 1. The van der Waals surface area contributed by atoms with Gasteiger partial charge in [-0.1, -0.05) is 0 Å². The second-order valence-electron chi connectivity index (χ2n) is 3.61. The first-order valence-electron chi connectivity index (χ1n) is 4.52. The molecule has 1 unspecified atom stereocenters. The molecule has 1 heterocycles. The Morgan fingerprint density at radius 1 is 1.57 bits per heavy atom. The van der Waals surface area contributed by atoms with Gasteiger partial charge in [-0.25, -0.2) is 0 Å². The van der Waals surface area contributed by atoms with E-state index in [1.165, 1.54) is 0 Å². The van der Waals surface area contributed by atoms with Gasteiger partial charge >= 0.3 is 0 Å². The van der Waals surface area contributed by atoms with Crippen LogP contribution in [0.4, 0.5) is 0 Å². The zero-order valence-corrected chi connectivity index (χ0v) is 11.0. The van der Waals surface area contributed by atoms with E-state index < -0.39 is 11.7 Å². The van der Waals surface area contributed by atoms with Crippen LogP contribution in [0.15, 0.2) is 15.2 Å². The molecule has 1 aromatic rings. The summed E-state index contributed by atoms with van der Waals surface area (Å²) in [5.41, 5.74) is 0.353. The highest BCUT2D eigenvalue weighted by Crippen LogP contribution is 2.35. The number of ether oxygens (including phenoxy) is 1. The number of halogens is 1. The van der Waals surface area contributed by atoms with E-state index in [0.29, 0.717) is 6.61 Å². The number of aliphatic hydroxyl groups excluding tert-OH is 1. The summed E-state index contributed by atoms with van der Waals surface area (Å²) in [6.07, 6.45) is -0.594. The standard InChI is InChI=1S/C10H15BrO2S/c1-4-13-10(2,3)9(12)7-5-14-6-8(7)11/h5-6,9,12H,4H2,1-3H3. The van der Waals surface area contributed by atoms with Crippen LogP contribution in [-0.4, -0.2) is 17.3 Å². The van der Waals surface area contributed by atoms with Crippen LogP contribution in [0.1, 0.15) is 32.4 Å². The molecule has 80 valence electrons. The summed E-state index contributed by atoms with van der Waals surface area (Å²) < 4.78 is 6.45. The monoisotopic (exact) mass is 278 g/mol. The van der Waals surface area contributed by atoms with Gasteiger partial charge in [0.1, 0.15) is 6.10 Å². The van der Waals surface area contributed by atoms with E-state index >= 15 is 0 Å². The van der Waals surface area contributed by atoms with Crippen LogP contribution in [-0.2, 0) is 4.74 Å². The average molecular weight is 279 g/mol. The molecule has 2 nitrogen and oxygen atoms in total. The van der Waals surface area contributed by atoms with E-state index in [9.17, 15) is 5.11 Å².